The predicted molar refractivity (Wildman–Crippen MR) is 173 cm³/mol. The Morgan fingerprint density at radius 3 is 2.23 bits per heavy atom. The molecule has 0 aromatic heterocycles. The maximum absolute atomic E-state index is 14.2. The number of Topliss-reactive ketones (excluding diaryl/α,β-unsaturated/α-hetero) is 1. The molecule has 0 unspecified atom stereocenters. The van der Waals surface area contributed by atoms with Crippen molar-refractivity contribution in [3.63, 3.8) is 0 Å². The highest BCUT2D eigenvalue weighted by molar-refractivity contribution is 5.90. The molecule has 2 spiro atoms. The number of aliphatic hydroxyl groups excluding tert-OH is 5. The van der Waals surface area contributed by atoms with Crippen molar-refractivity contribution in [3.8, 4) is 0 Å². The molecule has 0 bridgehead atoms. The van der Waals surface area contributed by atoms with Crippen LogP contribution in [0.1, 0.15) is 107 Å². The average Bonchev–Trinajstić information content (AvgIpc) is 3.63. The van der Waals surface area contributed by atoms with Crippen LogP contribution in [0.3, 0.4) is 0 Å². The summed E-state index contributed by atoms with van der Waals surface area (Å²) in [4.78, 5) is 26.2. The van der Waals surface area contributed by atoms with Gasteiger partial charge >= 0.3 is 5.97 Å². The zero-order valence-corrected chi connectivity index (χ0v) is 30.0. The van der Waals surface area contributed by atoms with Crippen LogP contribution in [0.25, 0.3) is 0 Å². The summed E-state index contributed by atoms with van der Waals surface area (Å²) in [5, 5.41) is 64.2. The number of hydrogen-bond donors (Lipinski definition) is 6. The lowest BCUT2D eigenvalue weighted by atomic mass is 9.41. The molecule has 11 heteroatoms. The molecule has 0 amide bonds. The van der Waals surface area contributed by atoms with Gasteiger partial charge < -0.3 is 44.8 Å². The van der Waals surface area contributed by atoms with Gasteiger partial charge in [0.25, 0.3) is 0 Å². The molecule has 6 rings (SSSR count). The topological polar surface area (TPSA) is 183 Å². The van der Waals surface area contributed by atoms with E-state index in [1.165, 1.54) is 20.8 Å². The highest BCUT2D eigenvalue weighted by Gasteiger charge is 2.84. The van der Waals surface area contributed by atoms with Crippen molar-refractivity contribution in [1.82, 2.24) is 0 Å². The lowest BCUT2D eigenvalue weighted by molar-refractivity contribution is -0.303. The highest BCUT2D eigenvalue weighted by atomic mass is 16.7. The van der Waals surface area contributed by atoms with Gasteiger partial charge in [0, 0.05) is 18.3 Å². The first kappa shape index (κ1) is 36.6. The van der Waals surface area contributed by atoms with Gasteiger partial charge in [0.15, 0.2) is 12.1 Å². The summed E-state index contributed by atoms with van der Waals surface area (Å²) in [5.41, 5.74) is -2.87. The Kier molecular flexibility index (Phi) is 8.90. The van der Waals surface area contributed by atoms with Gasteiger partial charge in [0.1, 0.15) is 36.6 Å². The smallest absolute Gasteiger partial charge is 0.302 e. The molecule has 6 fully saturated rings. The summed E-state index contributed by atoms with van der Waals surface area (Å²) < 4.78 is 17.5. The van der Waals surface area contributed by atoms with E-state index in [0.717, 1.165) is 44.9 Å². The molecule has 5 aliphatic carbocycles. The molecule has 1 aliphatic heterocycles. The van der Waals surface area contributed by atoms with E-state index in [1.54, 1.807) is 0 Å². The minimum Gasteiger partial charge on any atom is -0.460 e. The lowest BCUT2D eigenvalue weighted by Crippen LogP contribution is -2.61. The Balaban J connectivity index is 1.24. The van der Waals surface area contributed by atoms with Crippen LogP contribution in [0.15, 0.2) is 0 Å². The maximum Gasteiger partial charge on any atom is 0.302 e. The van der Waals surface area contributed by atoms with Gasteiger partial charge in [-0.1, -0.05) is 34.6 Å². The predicted octanol–water partition coefficient (Wildman–Crippen LogP) is 2.49. The molecule has 1 heterocycles. The van der Waals surface area contributed by atoms with Crippen LogP contribution >= 0.6 is 0 Å². The zero-order valence-electron chi connectivity index (χ0n) is 30.0. The SMILES string of the molecule is CC(=O)O[C@H](C[C@@H](C)[C@H]1C(=O)[C@H](O)[C@@]2(C)[C@@H]3CC[C@H]4C(C)(C)[C@@H](O[C@@H]5OC[C@@H](O)[C@H](O)[C@H]5O)CC[C@@]45C[C@@]35CC[C@]12C)[C@@H](O)C(C)(C)O. The van der Waals surface area contributed by atoms with Crippen LogP contribution in [0.5, 0.6) is 0 Å². The maximum atomic E-state index is 14.2. The van der Waals surface area contributed by atoms with E-state index in [2.05, 4.69) is 27.7 Å². The standard InChI is InChI=1S/C37H60O11/c1-18(15-21(47-19(2)38)29(43)33(5,6)45)25-27(41)30(44)35(8)23-10-9-22-32(3,4)24(48-31-28(42)26(40)20(39)16-46-31)11-12-36(22)17-37(23,36)14-13-34(25,35)7/h18,20-26,28-31,39-40,42-45H,9-17H2,1-8H3/t18-,20-,21-,22+,23+,24+,25+,26+,28-,29-,30+,31+,34-,35-,36-,37+/m1/s1. The molecule has 11 nitrogen and oxygen atoms in total. The Morgan fingerprint density at radius 1 is 0.979 bits per heavy atom. The van der Waals surface area contributed by atoms with Crippen molar-refractivity contribution in [2.75, 3.05) is 6.61 Å². The second-order valence-corrected chi connectivity index (χ2v) is 18.3. The minimum absolute atomic E-state index is 0.00431. The number of fused-ring (bicyclic) bond motifs is 2. The van der Waals surface area contributed by atoms with E-state index < -0.39 is 71.2 Å². The summed E-state index contributed by atoms with van der Waals surface area (Å²) in [5.74, 6) is -1.07. The Bertz CT molecular complexity index is 1280. The third-order valence-electron chi connectivity index (χ3n) is 15.4. The van der Waals surface area contributed by atoms with Crippen molar-refractivity contribution in [3.05, 3.63) is 0 Å². The largest absolute Gasteiger partial charge is 0.460 e. The van der Waals surface area contributed by atoms with Crippen LogP contribution in [0, 0.1) is 50.7 Å². The van der Waals surface area contributed by atoms with Crippen LogP contribution in [0.4, 0.5) is 0 Å². The van der Waals surface area contributed by atoms with Crippen LogP contribution in [-0.4, -0.2) is 104 Å². The van der Waals surface area contributed by atoms with E-state index in [0.29, 0.717) is 5.92 Å². The molecule has 6 N–H and O–H groups in total. The third kappa shape index (κ3) is 4.95. The van der Waals surface area contributed by atoms with Gasteiger partial charge in [-0.3, -0.25) is 9.59 Å². The van der Waals surface area contributed by atoms with Crippen molar-refractivity contribution < 1.29 is 54.4 Å². The Hall–Kier alpha value is -1.18. The summed E-state index contributed by atoms with van der Waals surface area (Å²) in [7, 11) is 0. The van der Waals surface area contributed by atoms with Crippen molar-refractivity contribution in [2.45, 2.75) is 161 Å². The first-order valence-corrected chi connectivity index (χ1v) is 18.2. The third-order valence-corrected chi connectivity index (χ3v) is 15.4. The molecule has 6 aliphatic rings. The number of esters is 1. The average molecular weight is 681 g/mol. The molecule has 0 radical (unpaired) electrons. The number of rotatable bonds is 8. The number of ether oxygens (including phenoxy) is 3. The first-order valence-electron chi connectivity index (χ1n) is 18.2. The van der Waals surface area contributed by atoms with Gasteiger partial charge in [0.05, 0.1) is 18.3 Å². The van der Waals surface area contributed by atoms with Crippen LogP contribution < -0.4 is 0 Å². The number of hydrogen-bond acceptors (Lipinski definition) is 11. The first-order chi connectivity index (χ1) is 22.1. The van der Waals surface area contributed by atoms with Crippen LogP contribution in [-0.2, 0) is 23.8 Å². The molecular formula is C37H60O11. The fraction of sp³-hybridized carbons (Fsp3) is 0.946. The van der Waals surface area contributed by atoms with Gasteiger partial charge in [-0.25, -0.2) is 0 Å². The van der Waals surface area contributed by atoms with Gasteiger partial charge in [-0.15, -0.1) is 0 Å². The summed E-state index contributed by atoms with van der Waals surface area (Å²) >= 11 is 0. The molecular weight excluding hydrogens is 620 g/mol. The van der Waals surface area contributed by atoms with E-state index in [9.17, 15) is 40.2 Å². The number of carbonyl (C=O) groups is 2. The summed E-state index contributed by atoms with van der Waals surface area (Å²) in [6, 6.07) is 0. The number of aliphatic hydroxyl groups is 6. The second-order valence-electron chi connectivity index (χ2n) is 18.3. The van der Waals surface area contributed by atoms with Gasteiger partial charge in [-0.2, -0.15) is 0 Å². The van der Waals surface area contributed by atoms with E-state index in [4.69, 9.17) is 14.2 Å². The highest BCUT2D eigenvalue weighted by Crippen LogP contribution is 2.89. The van der Waals surface area contributed by atoms with E-state index >= 15 is 0 Å². The quantitative estimate of drug-likeness (QED) is 0.164. The van der Waals surface area contributed by atoms with Crippen LogP contribution in [0.2, 0.25) is 0 Å². The van der Waals surface area contributed by atoms with E-state index in [1.807, 2.05) is 6.92 Å². The van der Waals surface area contributed by atoms with Gasteiger partial charge in [-0.05, 0) is 105 Å². The molecule has 0 aromatic carbocycles. The van der Waals surface area contributed by atoms with E-state index in [-0.39, 0.29) is 53.0 Å². The monoisotopic (exact) mass is 680 g/mol. The minimum atomic E-state index is -1.52. The fourth-order valence-electron chi connectivity index (χ4n) is 12.9. The summed E-state index contributed by atoms with van der Waals surface area (Å²) in [6.07, 6.45) is -2.02. The molecule has 16 atom stereocenters. The Labute approximate surface area is 284 Å². The number of carbonyl (C=O) groups excluding carboxylic acids is 2. The summed E-state index contributed by atoms with van der Waals surface area (Å²) in [6.45, 7) is 14.8. The molecule has 274 valence electrons. The van der Waals surface area contributed by atoms with Crippen molar-refractivity contribution in [2.24, 2.45) is 50.7 Å². The second kappa shape index (κ2) is 11.7. The van der Waals surface area contributed by atoms with Crippen molar-refractivity contribution in [1.29, 1.82) is 0 Å². The lowest BCUT2D eigenvalue weighted by Gasteiger charge is -2.63. The molecule has 0 aromatic rings. The molecule has 1 saturated heterocycles. The fourth-order valence-corrected chi connectivity index (χ4v) is 12.9. The Morgan fingerprint density at radius 2 is 1.60 bits per heavy atom. The van der Waals surface area contributed by atoms with Crippen molar-refractivity contribution >= 4 is 11.8 Å². The molecule has 5 saturated carbocycles. The normalized spacial score (nSPS) is 49.9. The zero-order chi connectivity index (χ0) is 35.6. The van der Waals surface area contributed by atoms with Gasteiger partial charge in [0.2, 0.25) is 0 Å². The number of ketones is 1. The molecule has 48 heavy (non-hydrogen) atoms.